The summed E-state index contributed by atoms with van der Waals surface area (Å²) < 4.78 is 13.4. The molecule has 2 rings (SSSR count). The molecular formula is C12H13FN2S. The van der Waals surface area contributed by atoms with Crippen LogP contribution in [0.2, 0.25) is 0 Å². The van der Waals surface area contributed by atoms with Crippen molar-refractivity contribution in [2.45, 2.75) is 19.9 Å². The fraction of sp³-hybridized carbons (Fsp3) is 0.250. The van der Waals surface area contributed by atoms with Gasteiger partial charge in [0.1, 0.15) is 5.82 Å². The second-order valence-corrected chi connectivity index (χ2v) is 4.89. The lowest BCUT2D eigenvalue weighted by Crippen LogP contribution is -2.06. The lowest BCUT2D eigenvalue weighted by Gasteiger charge is -2.13. The second kappa shape index (κ2) is 4.61. The number of nitrogens with one attached hydrogen (secondary N) is 1. The van der Waals surface area contributed by atoms with Crippen LogP contribution in [-0.4, -0.2) is 4.98 Å². The molecule has 0 aliphatic carbocycles. The third-order valence-corrected chi connectivity index (χ3v) is 3.41. The van der Waals surface area contributed by atoms with E-state index in [9.17, 15) is 4.39 Å². The van der Waals surface area contributed by atoms with Crippen LogP contribution in [-0.2, 0) is 0 Å². The van der Waals surface area contributed by atoms with Crippen LogP contribution >= 0.6 is 11.3 Å². The molecule has 1 unspecified atom stereocenters. The number of aromatic nitrogens is 1. The van der Waals surface area contributed by atoms with Gasteiger partial charge >= 0.3 is 0 Å². The summed E-state index contributed by atoms with van der Waals surface area (Å²) in [6, 6.07) is 6.76. The Hall–Kier alpha value is -1.42. The summed E-state index contributed by atoms with van der Waals surface area (Å²) in [7, 11) is 0. The largest absolute Gasteiger partial charge is 0.375 e. The maximum Gasteiger partial charge on any atom is 0.146 e. The molecule has 0 aliphatic rings. The Balaban J connectivity index is 2.13. The lowest BCUT2D eigenvalue weighted by atomic mass is 10.2. The van der Waals surface area contributed by atoms with Gasteiger partial charge in [0.05, 0.1) is 16.7 Å². The van der Waals surface area contributed by atoms with E-state index in [-0.39, 0.29) is 11.9 Å². The third-order valence-electron chi connectivity index (χ3n) is 2.31. The number of nitrogens with zero attached hydrogens (tertiary/aromatic N) is 1. The van der Waals surface area contributed by atoms with E-state index in [2.05, 4.69) is 10.3 Å². The Kier molecular flexibility index (Phi) is 3.19. The van der Waals surface area contributed by atoms with Crippen LogP contribution in [0.3, 0.4) is 0 Å². The Morgan fingerprint density at radius 2 is 2.12 bits per heavy atom. The summed E-state index contributed by atoms with van der Waals surface area (Å²) in [5.74, 6) is -0.226. The van der Waals surface area contributed by atoms with Crippen LogP contribution in [0.5, 0.6) is 0 Å². The monoisotopic (exact) mass is 236 g/mol. The first kappa shape index (κ1) is 11.1. The zero-order chi connectivity index (χ0) is 11.5. The second-order valence-electron chi connectivity index (χ2n) is 3.63. The first-order valence-corrected chi connectivity index (χ1v) is 5.92. The van der Waals surface area contributed by atoms with Gasteiger partial charge in [0, 0.05) is 11.1 Å². The van der Waals surface area contributed by atoms with Gasteiger partial charge in [-0.25, -0.2) is 9.37 Å². The van der Waals surface area contributed by atoms with Gasteiger partial charge in [0.2, 0.25) is 0 Å². The molecule has 4 heteroatoms. The van der Waals surface area contributed by atoms with E-state index >= 15 is 0 Å². The zero-order valence-electron chi connectivity index (χ0n) is 9.20. The van der Waals surface area contributed by atoms with E-state index in [4.69, 9.17) is 0 Å². The smallest absolute Gasteiger partial charge is 0.146 e. The molecule has 0 saturated heterocycles. The van der Waals surface area contributed by atoms with Crippen molar-refractivity contribution in [3.05, 3.63) is 46.2 Å². The van der Waals surface area contributed by atoms with Gasteiger partial charge in [-0.2, -0.15) is 0 Å². The van der Waals surface area contributed by atoms with Crippen molar-refractivity contribution in [1.82, 2.24) is 4.98 Å². The van der Waals surface area contributed by atoms with Crippen molar-refractivity contribution < 1.29 is 4.39 Å². The number of para-hydroxylation sites is 1. The fourth-order valence-electron chi connectivity index (χ4n) is 1.46. The van der Waals surface area contributed by atoms with E-state index in [0.29, 0.717) is 5.69 Å². The minimum atomic E-state index is -0.226. The van der Waals surface area contributed by atoms with Crippen LogP contribution in [0.15, 0.2) is 30.5 Å². The number of thiazole rings is 1. The standard InChI is InChI=1S/C12H13FN2S/c1-8(12-7-14-9(2)16-12)15-11-6-4-3-5-10(11)13/h3-8,15H,1-2H3. The molecule has 0 saturated carbocycles. The van der Waals surface area contributed by atoms with Crippen molar-refractivity contribution >= 4 is 17.0 Å². The van der Waals surface area contributed by atoms with Crippen molar-refractivity contribution in [3.8, 4) is 0 Å². The van der Waals surface area contributed by atoms with Gasteiger partial charge in [-0.3, -0.25) is 0 Å². The third kappa shape index (κ3) is 2.39. The van der Waals surface area contributed by atoms with Crippen LogP contribution < -0.4 is 5.32 Å². The lowest BCUT2D eigenvalue weighted by molar-refractivity contribution is 0.628. The quantitative estimate of drug-likeness (QED) is 0.877. The zero-order valence-corrected chi connectivity index (χ0v) is 10.0. The van der Waals surface area contributed by atoms with E-state index in [1.54, 1.807) is 23.5 Å². The number of hydrogen-bond acceptors (Lipinski definition) is 3. The van der Waals surface area contributed by atoms with Gasteiger partial charge in [0.25, 0.3) is 0 Å². The van der Waals surface area contributed by atoms with Crippen LogP contribution in [0.25, 0.3) is 0 Å². The number of rotatable bonds is 3. The SMILES string of the molecule is Cc1ncc(C(C)Nc2ccccc2F)s1. The predicted octanol–water partition coefficient (Wildman–Crippen LogP) is 3.76. The Morgan fingerprint density at radius 1 is 1.38 bits per heavy atom. The summed E-state index contributed by atoms with van der Waals surface area (Å²) in [5.41, 5.74) is 0.529. The maximum absolute atomic E-state index is 13.4. The summed E-state index contributed by atoms with van der Waals surface area (Å²) in [4.78, 5) is 5.30. The first-order chi connectivity index (χ1) is 7.66. The van der Waals surface area contributed by atoms with Gasteiger partial charge in [-0.15, -0.1) is 11.3 Å². The van der Waals surface area contributed by atoms with Crippen LogP contribution in [0, 0.1) is 12.7 Å². The highest BCUT2D eigenvalue weighted by Crippen LogP contribution is 2.25. The number of aryl methyl sites for hydroxylation is 1. The van der Waals surface area contributed by atoms with Gasteiger partial charge in [0.15, 0.2) is 0 Å². The first-order valence-electron chi connectivity index (χ1n) is 5.10. The van der Waals surface area contributed by atoms with Crippen molar-refractivity contribution in [1.29, 1.82) is 0 Å². The van der Waals surface area contributed by atoms with E-state index < -0.39 is 0 Å². The van der Waals surface area contributed by atoms with Crippen molar-refractivity contribution in [2.24, 2.45) is 0 Å². The molecule has 0 aliphatic heterocycles. The number of halogens is 1. The highest BCUT2D eigenvalue weighted by atomic mass is 32.1. The van der Waals surface area contributed by atoms with Crippen molar-refractivity contribution in [2.75, 3.05) is 5.32 Å². The molecule has 2 nitrogen and oxygen atoms in total. The van der Waals surface area contributed by atoms with Crippen molar-refractivity contribution in [3.63, 3.8) is 0 Å². The number of hydrogen-bond donors (Lipinski definition) is 1. The molecule has 1 N–H and O–H groups in total. The number of anilines is 1. The molecule has 1 atom stereocenters. The maximum atomic E-state index is 13.4. The summed E-state index contributed by atoms with van der Waals surface area (Å²) in [6.07, 6.45) is 1.83. The van der Waals surface area contributed by atoms with E-state index in [1.807, 2.05) is 26.1 Å². The number of benzene rings is 1. The highest BCUT2D eigenvalue weighted by Gasteiger charge is 2.10. The molecule has 0 amide bonds. The van der Waals surface area contributed by atoms with Crippen LogP contribution in [0.1, 0.15) is 22.9 Å². The fourth-order valence-corrected chi connectivity index (χ4v) is 2.25. The minimum absolute atomic E-state index is 0.0723. The van der Waals surface area contributed by atoms with Crippen LogP contribution in [0.4, 0.5) is 10.1 Å². The van der Waals surface area contributed by atoms with Gasteiger partial charge < -0.3 is 5.32 Å². The summed E-state index contributed by atoms with van der Waals surface area (Å²) >= 11 is 1.62. The van der Waals surface area contributed by atoms with E-state index in [1.165, 1.54) is 6.07 Å². The summed E-state index contributed by atoms with van der Waals surface area (Å²) in [5, 5.41) is 4.16. The average Bonchev–Trinajstić information content (AvgIpc) is 2.68. The minimum Gasteiger partial charge on any atom is -0.375 e. The molecule has 1 aromatic carbocycles. The van der Waals surface area contributed by atoms with Gasteiger partial charge in [-0.1, -0.05) is 12.1 Å². The Bertz CT molecular complexity index is 481. The molecule has 0 bridgehead atoms. The molecule has 84 valence electrons. The molecule has 16 heavy (non-hydrogen) atoms. The average molecular weight is 236 g/mol. The summed E-state index contributed by atoms with van der Waals surface area (Å²) in [6.45, 7) is 3.96. The Morgan fingerprint density at radius 3 is 2.75 bits per heavy atom. The molecule has 0 fully saturated rings. The van der Waals surface area contributed by atoms with E-state index in [0.717, 1.165) is 9.88 Å². The molecule has 0 radical (unpaired) electrons. The Labute approximate surface area is 98.2 Å². The molecule has 0 spiro atoms. The normalized spacial score (nSPS) is 12.4. The topological polar surface area (TPSA) is 24.9 Å². The van der Waals surface area contributed by atoms with Gasteiger partial charge in [-0.05, 0) is 26.0 Å². The predicted molar refractivity (Wildman–Crippen MR) is 65.3 cm³/mol. The molecule has 1 aromatic heterocycles. The highest BCUT2D eigenvalue weighted by molar-refractivity contribution is 7.11. The molecule has 1 heterocycles. The molecular weight excluding hydrogens is 223 g/mol. The molecule has 2 aromatic rings.